The van der Waals surface area contributed by atoms with Gasteiger partial charge in [-0.15, -0.1) is 0 Å². The summed E-state index contributed by atoms with van der Waals surface area (Å²) in [5.74, 6) is 1.62. The Kier molecular flexibility index (Phi) is 4.56. The van der Waals surface area contributed by atoms with Gasteiger partial charge in [0.25, 0.3) is 5.91 Å². The van der Waals surface area contributed by atoms with Gasteiger partial charge in [0.1, 0.15) is 12.0 Å². The molecule has 0 aromatic carbocycles. The first-order valence-electron chi connectivity index (χ1n) is 11.2. The predicted octanol–water partition coefficient (Wildman–Crippen LogP) is 2.41. The number of aryl methyl sites for hydroxylation is 2. The fraction of sp³-hybridized carbons (Fsp3) is 0.333. The number of anilines is 1. The van der Waals surface area contributed by atoms with Gasteiger partial charge in [-0.1, -0.05) is 6.07 Å². The second kappa shape index (κ2) is 7.61. The van der Waals surface area contributed by atoms with Crippen molar-refractivity contribution in [2.75, 3.05) is 31.1 Å². The molecule has 4 aromatic rings. The van der Waals surface area contributed by atoms with Gasteiger partial charge in [-0.25, -0.2) is 24.5 Å². The van der Waals surface area contributed by atoms with Crippen LogP contribution in [0.5, 0.6) is 0 Å². The molecule has 166 valence electrons. The van der Waals surface area contributed by atoms with E-state index < -0.39 is 0 Å². The van der Waals surface area contributed by atoms with Crippen LogP contribution in [0.2, 0.25) is 0 Å². The fourth-order valence-electron chi connectivity index (χ4n) is 5.15. The topological polar surface area (TPSA) is 92.4 Å². The van der Waals surface area contributed by atoms with Gasteiger partial charge >= 0.3 is 0 Å². The molecule has 2 atom stereocenters. The van der Waals surface area contributed by atoms with Crippen LogP contribution in [-0.2, 0) is 0 Å². The molecule has 1 amide bonds. The summed E-state index contributed by atoms with van der Waals surface area (Å²) < 4.78 is 1.75. The lowest BCUT2D eigenvalue weighted by Crippen LogP contribution is -2.34. The molecule has 2 aliphatic heterocycles. The van der Waals surface area contributed by atoms with Gasteiger partial charge in [-0.05, 0) is 38.1 Å². The Hall–Kier alpha value is -3.88. The maximum atomic E-state index is 13.8. The summed E-state index contributed by atoms with van der Waals surface area (Å²) in [4.78, 5) is 35.6. The van der Waals surface area contributed by atoms with Crippen LogP contribution < -0.4 is 4.90 Å². The third-order valence-corrected chi connectivity index (χ3v) is 6.61. The molecule has 33 heavy (non-hydrogen) atoms. The highest BCUT2D eigenvalue weighted by atomic mass is 16.2. The zero-order valence-electron chi connectivity index (χ0n) is 18.6. The predicted molar refractivity (Wildman–Crippen MR) is 123 cm³/mol. The van der Waals surface area contributed by atoms with Crippen molar-refractivity contribution in [3.05, 3.63) is 66.0 Å². The van der Waals surface area contributed by atoms with Gasteiger partial charge in [-0.3, -0.25) is 4.79 Å². The van der Waals surface area contributed by atoms with Gasteiger partial charge in [0.05, 0.1) is 16.8 Å². The summed E-state index contributed by atoms with van der Waals surface area (Å²) in [7, 11) is 0. The van der Waals surface area contributed by atoms with E-state index in [4.69, 9.17) is 0 Å². The molecule has 0 spiro atoms. The highest BCUT2D eigenvalue weighted by Crippen LogP contribution is 2.35. The first-order valence-corrected chi connectivity index (χ1v) is 11.2. The average molecular weight is 441 g/mol. The average Bonchev–Trinajstić information content (AvgIpc) is 3.50. The number of carbonyl (C=O) groups is 1. The number of nitrogens with zero attached hydrogens (tertiary/aromatic N) is 8. The highest BCUT2D eigenvalue weighted by molar-refractivity contribution is 6.06. The maximum absolute atomic E-state index is 13.8. The molecule has 6 heterocycles. The van der Waals surface area contributed by atoms with Crippen LogP contribution >= 0.6 is 0 Å². The molecule has 0 unspecified atom stereocenters. The Bertz CT molecular complexity index is 1320. The van der Waals surface area contributed by atoms with E-state index in [0.717, 1.165) is 49.0 Å². The van der Waals surface area contributed by atoms with Crippen LogP contribution in [0.25, 0.3) is 16.9 Å². The summed E-state index contributed by atoms with van der Waals surface area (Å²) >= 11 is 0. The van der Waals surface area contributed by atoms with E-state index in [1.807, 2.05) is 49.2 Å². The zero-order valence-corrected chi connectivity index (χ0v) is 18.6. The molecule has 2 fully saturated rings. The summed E-state index contributed by atoms with van der Waals surface area (Å²) in [5.41, 5.74) is 4.60. The van der Waals surface area contributed by atoms with Crippen LogP contribution in [-0.4, -0.2) is 66.5 Å². The lowest BCUT2D eigenvalue weighted by atomic mass is 10.0. The SMILES string of the molecule is Cc1cc(C)nc(N2C[C@H]3CN(C(=O)c4c(-c5ccncn5)nn5ccccc45)C[C@H]3C2)n1. The molecule has 9 heteroatoms. The number of pyridine rings is 1. The monoisotopic (exact) mass is 440 g/mol. The minimum Gasteiger partial charge on any atom is -0.340 e. The van der Waals surface area contributed by atoms with E-state index in [0.29, 0.717) is 28.8 Å². The number of fused-ring (bicyclic) bond motifs is 2. The van der Waals surface area contributed by atoms with Crippen molar-refractivity contribution in [1.82, 2.24) is 34.4 Å². The standard InChI is InChI=1S/C24H24N8O/c1-15-9-16(2)28-24(27-15)31-12-17-10-30(11-18(17)13-31)23(33)21-20-5-3-4-8-32(20)29-22(21)19-6-7-25-14-26-19/h3-9,14,17-18H,10-13H2,1-2H3/t17-,18+. The summed E-state index contributed by atoms with van der Waals surface area (Å²) in [6.45, 7) is 7.17. The largest absolute Gasteiger partial charge is 0.340 e. The highest BCUT2D eigenvalue weighted by Gasteiger charge is 2.43. The van der Waals surface area contributed by atoms with Gasteiger partial charge in [0, 0.05) is 61.8 Å². The number of amides is 1. The van der Waals surface area contributed by atoms with E-state index >= 15 is 0 Å². The smallest absolute Gasteiger partial charge is 0.258 e. The Morgan fingerprint density at radius 3 is 2.45 bits per heavy atom. The molecule has 2 aliphatic rings. The zero-order chi connectivity index (χ0) is 22.5. The number of likely N-dealkylation sites (tertiary alicyclic amines) is 1. The van der Waals surface area contributed by atoms with Crippen molar-refractivity contribution in [1.29, 1.82) is 0 Å². The Balaban J connectivity index is 1.27. The van der Waals surface area contributed by atoms with Gasteiger partial charge < -0.3 is 9.80 Å². The number of hydrogen-bond donors (Lipinski definition) is 0. The van der Waals surface area contributed by atoms with Crippen molar-refractivity contribution < 1.29 is 4.79 Å². The number of aromatic nitrogens is 6. The summed E-state index contributed by atoms with van der Waals surface area (Å²) in [6, 6.07) is 9.55. The van der Waals surface area contributed by atoms with Crippen molar-refractivity contribution in [2.45, 2.75) is 13.8 Å². The molecule has 0 radical (unpaired) electrons. The molecule has 9 nitrogen and oxygen atoms in total. The first kappa shape index (κ1) is 19.8. The number of hydrogen-bond acceptors (Lipinski definition) is 7. The van der Waals surface area contributed by atoms with Crippen molar-refractivity contribution in [2.24, 2.45) is 11.8 Å². The molecule has 0 saturated carbocycles. The van der Waals surface area contributed by atoms with E-state index in [1.54, 1.807) is 16.8 Å². The Labute approximate surface area is 191 Å². The van der Waals surface area contributed by atoms with Crippen molar-refractivity contribution in [3.8, 4) is 11.4 Å². The molecule has 0 bridgehead atoms. The van der Waals surface area contributed by atoms with E-state index in [-0.39, 0.29) is 5.91 Å². The second-order valence-corrected chi connectivity index (χ2v) is 8.93. The first-order chi connectivity index (χ1) is 16.1. The molecular formula is C24H24N8O. The van der Waals surface area contributed by atoms with Gasteiger partial charge in [-0.2, -0.15) is 5.10 Å². The molecule has 0 N–H and O–H groups in total. The second-order valence-electron chi connectivity index (χ2n) is 8.93. The Morgan fingerprint density at radius 2 is 1.76 bits per heavy atom. The van der Waals surface area contributed by atoms with Crippen LogP contribution in [0.3, 0.4) is 0 Å². The molecule has 0 aliphatic carbocycles. The normalized spacial score (nSPS) is 19.9. The quantitative estimate of drug-likeness (QED) is 0.483. The summed E-state index contributed by atoms with van der Waals surface area (Å²) in [5, 5.41) is 4.67. The van der Waals surface area contributed by atoms with Gasteiger partial charge in [0.2, 0.25) is 5.95 Å². The van der Waals surface area contributed by atoms with E-state index in [1.165, 1.54) is 6.33 Å². The summed E-state index contributed by atoms with van der Waals surface area (Å²) in [6.07, 6.45) is 5.01. The molecular weight excluding hydrogens is 416 g/mol. The fourth-order valence-corrected chi connectivity index (χ4v) is 5.15. The van der Waals surface area contributed by atoms with Crippen LogP contribution in [0, 0.1) is 25.7 Å². The molecule has 6 rings (SSSR count). The minimum absolute atomic E-state index is 0.00779. The van der Waals surface area contributed by atoms with E-state index in [2.05, 4.69) is 29.9 Å². The lowest BCUT2D eigenvalue weighted by Gasteiger charge is -2.22. The van der Waals surface area contributed by atoms with Crippen molar-refractivity contribution >= 4 is 17.4 Å². The van der Waals surface area contributed by atoms with E-state index in [9.17, 15) is 4.79 Å². The Morgan fingerprint density at radius 1 is 1.00 bits per heavy atom. The van der Waals surface area contributed by atoms with Crippen LogP contribution in [0.1, 0.15) is 21.7 Å². The number of rotatable bonds is 3. The van der Waals surface area contributed by atoms with Crippen molar-refractivity contribution in [3.63, 3.8) is 0 Å². The molecule has 4 aromatic heterocycles. The number of carbonyl (C=O) groups excluding carboxylic acids is 1. The van der Waals surface area contributed by atoms with Gasteiger partial charge in [0.15, 0.2) is 0 Å². The third-order valence-electron chi connectivity index (χ3n) is 6.61. The lowest BCUT2D eigenvalue weighted by molar-refractivity contribution is 0.0785. The van der Waals surface area contributed by atoms with Crippen LogP contribution in [0.4, 0.5) is 5.95 Å². The van der Waals surface area contributed by atoms with Crippen LogP contribution in [0.15, 0.2) is 49.1 Å². The minimum atomic E-state index is 0.00779. The third kappa shape index (κ3) is 3.40. The maximum Gasteiger partial charge on any atom is 0.258 e. The molecule has 2 saturated heterocycles.